The molecule has 0 aromatic heterocycles. The highest BCUT2D eigenvalue weighted by Crippen LogP contribution is 2.15. The summed E-state index contributed by atoms with van der Waals surface area (Å²) >= 11 is 2.12. The van der Waals surface area contributed by atoms with Gasteiger partial charge in [0.2, 0.25) is 5.91 Å². The third-order valence-corrected chi connectivity index (χ3v) is 5.21. The van der Waals surface area contributed by atoms with E-state index in [2.05, 4.69) is 44.9 Å². The molecule has 0 atom stereocenters. The zero-order valence-electron chi connectivity index (χ0n) is 13.8. The molecule has 1 fully saturated rings. The maximum atomic E-state index is 12.4. The van der Waals surface area contributed by atoms with Crippen molar-refractivity contribution in [2.75, 3.05) is 37.6 Å². The highest BCUT2D eigenvalue weighted by atomic mass is 127. The van der Waals surface area contributed by atoms with E-state index in [1.807, 2.05) is 41.3 Å². The van der Waals surface area contributed by atoms with Crippen LogP contribution in [0, 0.1) is 3.57 Å². The summed E-state index contributed by atoms with van der Waals surface area (Å²) in [6, 6.07) is 17.6. The molecule has 0 spiro atoms. The Labute approximate surface area is 161 Å². The molecule has 25 heavy (non-hydrogen) atoms. The molecule has 5 nitrogen and oxygen atoms in total. The summed E-state index contributed by atoms with van der Waals surface area (Å²) in [6.45, 7) is 2.99. The van der Waals surface area contributed by atoms with Gasteiger partial charge in [0.1, 0.15) is 0 Å². The van der Waals surface area contributed by atoms with Gasteiger partial charge in [0, 0.05) is 35.4 Å². The average molecular weight is 449 g/mol. The highest BCUT2D eigenvalue weighted by molar-refractivity contribution is 14.1. The summed E-state index contributed by atoms with van der Waals surface area (Å²) < 4.78 is 0.876. The molecule has 3 rings (SSSR count). The van der Waals surface area contributed by atoms with Crippen molar-refractivity contribution in [3.63, 3.8) is 0 Å². The summed E-state index contributed by atoms with van der Waals surface area (Å²) in [5, 5.41) is 2.73. The Bertz CT molecular complexity index is 743. The van der Waals surface area contributed by atoms with Crippen LogP contribution in [0.25, 0.3) is 0 Å². The van der Waals surface area contributed by atoms with Crippen LogP contribution in [0.2, 0.25) is 0 Å². The van der Waals surface area contributed by atoms with Crippen LogP contribution < -0.4 is 10.2 Å². The summed E-state index contributed by atoms with van der Waals surface area (Å²) in [7, 11) is 0. The predicted molar refractivity (Wildman–Crippen MR) is 107 cm³/mol. The Kier molecular flexibility index (Phi) is 5.91. The van der Waals surface area contributed by atoms with Crippen molar-refractivity contribution in [1.82, 2.24) is 10.2 Å². The summed E-state index contributed by atoms with van der Waals surface area (Å²) in [4.78, 5) is 28.6. The number of piperazine rings is 1. The Morgan fingerprint density at radius 3 is 2.24 bits per heavy atom. The van der Waals surface area contributed by atoms with Crippen molar-refractivity contribution >= 4 is 40.1 Å². The predicted octanol–water partition coefficient (Wildman–Crippen LogP) is 2.37. The number of carbonyl (C=O) groups is 2. The second kappa shape index (κ2) is 8.33. The molecule has 1 N–H and O–H groups in total. The van der Waals surface area contributed by atoms with Gasteiger partial charge in [-0.1, -0.05) is 30.3 Å². The SMILES string of the molecule is O=C(NCC(=O)N1CCN(c2ccccc2)CC1)c1ccccc1I. The number of nitrogens with zero attached hydrogens (tertiary/aromatic N) is 2. The fourth-order valence-corrected chi connectivity index (χ4v) is 3.49. The molecule has 0 unspecified atom stereocenters. The van der Waals surface area contributed by atoms with Crippen molar-refractivity contribution in [1.29, 1.82) is 0 Å². The van der Waals surface area contributed by atoms with Gasteiger partial charge < -0.3 is 15.1 Å². The summed E-state index contributed by atoms with van der Waals surface area (Å²) in [5.41, 5.74) is 1.78. The number of nitrogens with one attached hydrogen (secondary N) is 1. The van der Waals surface area contributed by atoms with Crippen LogP contribution in [0.4, 0.5) is 5.69 Å². The van der Waals surface area contributed by atoms with Crippen LogP contribution >= 0.6 is 22.6 Å². The number of anilines is 1. The second-order valence-electron chi connectivity index (χ2n) is 5.87. The minimum atomic E-state index is -0.207. The van der Waals surface area contributed by atoms with Gasteiger partial charge in [0.05, 0.1) is 12.1 Å². The van der Waals surface area contributed by atoms with Gasteiger partial charge >= 0.3 is 0 Å². The third-order valence-electron chi connectivity index (χ3n) is 4.27. The smallest absolute Gasteiger partial charge is 0.252 e. The zero-order valence-corrected chi connectivity index (χ0v) is 16.0. The van der Waals surface area contributed by atoms with Crippen LogP contribution in [-0.4, -0.2) is 49.4 Å². The molecule has 0 aliphatic carbocycles. The largest absolute Gasteiger partial charge is 0.368 e. The van der Waals surface area contributed by atoms with Crippen LogP contribution in [0.3, 0.4) is 0 Å². The van der Waals surface area contributed by atoms with Crippen LogP contribution in [0.5, 0.6) is 0 Å². The fourth-order valence-electron chi connectivity index (χ4n) is 2.86. The molecule has 2 aromatic rings. The number of rotatable bonds is 4. The Morgan fingerprint density at radius 2 is 1.56 bits per heavy atom. The van der Waals surface area contributed by atoms with E-state index in [4.69, 9.17) is 0 Å². The standard InChI is InChI=1S/C19H20IN3O2/c20-17-9-5-4-8-16(17)19(25)21-14-18(24)23-12-10-22(11-13-23)15-6-2-1-3-7-15/h1-9H,10-14H2,(H,21,25). The first-order valence-corrected chi connectivity index (χ1v) is 9.33. The normalized spacial score (nSPS) is 14.3. The number of para-hydroxylation sites is 1. The Balaban J connectivity index is 1.48. The lowest BCUT2D eigenvalue weighted by Crippen LogP contribution is -2.51. The first-order valence-electron chi connectivity index (χ1n) is 8.25. The zero-order chi connectivity index (χ0) is 17.6. The molecular formula is C19H20IN3O2. The summed E-state index contributed by atoms with van der Waals surface area (Å²) in [5.74, 6) is -0.242. The van der Waals surface area contributed by atoms with E-state index < -0.39 is 0 Å². The van der Waals surface area contributed by atoms with E-state index in [1.54, 1.807) is 6.07 Å². The van der Waals surface area contributed by atoms with Crippen LogP contribution in [0.15, 0.2) is 54.6 Å². The third kappa shape index (κ3) is 4.50. The molecule has 2 amide bonds. The van der Waals surface area contributed by atoms with E-state index in [-0.39, 0.29) is 18.4 Å². The van der Waals surface area contributed by atoms with Gasteiger partial charge in [-0.25, -0.2) is 0 Å². The lowest BCUT2D eigenvalue weighted by Gasteiger charge is -2.36. The molecule has 2 aromatic carbocycles. The first-order chi connectivity index (χ1) is 12.1. The molecule has 0 radical (unpaired) electrons. The van der Waals surface area contributed by atoms with Gasteiger partial charge in [-0.05, 0) is 46.9 Å². The lowest BCUT2D eigenvalue weighted by molar-refractivity contribution is -0.130. The van der Waals surface area contributed by atoms with Gasteiger partial charge in [0.25, 0.3) is 5.91 Å². The highest BCUT2D eigenvalue weighted by Gasteiger charge is 2.21. The van der Waals surface area contributed by atoms with E-state index in [9.17, 15) is 9.59 Å². The quantitative estimate of drug-likeness (QED) is 0.730. The van der Waals surface area contributed by atoms with Gasteiger partial charge in [-0.3, -0.25) is 9.59 Å². The maximum Gasteiger partial charge on any atom is 0.252 e. The minimum absolute atomic E-state index is 0.0352. The molecule has 130 valence electrons. The molecule has 1 saturated heterocycles. The van der Waals surface area contributed by atoms with Crippen molar-refractivity contribution in [3.05, 3.63) is 63.7 Å². The van der Waals surface area contributed by atoms with E-state index in [1.165, 1.54) is 5.69 Å². The Hall–Kier alpha value is -2.09. The van der Waals surface area contributed by atoms with E-state index >= 15 is 0 Å². The molecule has 1 aliphatic heterocycles. The van der Waals surface area contributed by atoms with E-state index in [0.717, 1.165) is 16.7 Å². The number of halogens is 1. The maximum absolute atomic E-state index is 12.4. The van der Waals surface area contributed by atoms with Crippen molar-refractivity contribution in [2.24, 2.45) is 0 Å². The number of amides is 2. The fraction of sp³-hybridized carbons (Fsp3) is 0.263. The average Bonchev–Trinajstić information content (AvgIpc) is 2.67. The number of hydrogen-bond donors (Lipinski definition) is 1. The molecule has 0 bridgehead atoms. The van der Waals surface area contributed by atoms with Gasteiger partial charge in [-0.2, -0.15) is 0 Å². The molecule has 1 aliphatic rings. The van der Waals surface area contributed by atoms with E-state index in [0.29, 0.717) is 18.7 Å². The number of carbonyl (C=O) groups excluding carboxylic acids is 2. The van der Waals surface area contributed by atoms with Crippen molar-refractivity contribution in [3.8, 4) is 0 Å². The molecular weight excluding hydrogens is 429 g/mol. The van der Waals surface area contributed by atoms with Crippen molar-refractivity contribution < 1.29 is 9.59 Å². The molecule has 1 heterocycles. The molecule has 0 saturated carbocycles. The van der Waals surface area contributed by atoms with Crippen LogP contribution in [-0.2, 0) is 4.79 Å². The Morgan fingerprint density at radius 1 is 0.920 bits per heavy atom. The molecule has 6 heteroatoms. The van der Waals surface area contributed by atoms with Gasteiger partial charge in [0.15, 0.2) is 0 Å². The van der Waals surface area contributed by atoms with Crippen molar-refractivity contribution in [2.45, 2.75) is 0 Å². The summed E-state index contributed by atoms with van der Waals surface area (Å²) in [6.07, 6.45) is 0. The topological polar surface area (TPSA) is 52.7 Å². The monoisotopic (exact) mass is 449 g/mol. The number of hydrogen-bond acceptors (Lipinski definition) is 3. The lowest BCUT2D eigenvalue weighted by atomic mass is 10.2. The number of benzene rings is 2. The van der Waals surface area contributed by atoms with Gasteiger partial charge in [-0.15, -0.1) is 0 Å². The first kappa shape index (κ1) is 17.7. The van der Waals surface area contributed by atoms with Crippen LogP contribution in [0.1, 0.15) is 10.4 Å². The minimum Gasteiger partial charge on any atom is -0.368 e. The second-order valence-corrected chi connectivity index (χ2v) is 7.03.